The molecule has 0 fully saturated rings. The summed E-state index contributed by atoms with van der Waals surface area (Å²) in [4.78, 5) is 15.3. The Morgan fingerprint density at radius 1 is 0.333 bits per heavy atom. The number of furan rings is 2. The molecule has 0 saturated carbocycles. The average Bonchev–Trinajstić information content (AvgIpc) is 4.01. The Bertz CT molecular complexity index is 4120. The molecule has 0 aliphatic rings. The number of benzene rings is 10. The van der Waals surface area contributed by atoms with Crippen LogP contribution in [0.2, 0.25) is 0 Å². The van der Waals surface area contributed by atoms with Crippen LogP contribution in [0.4, 0.5) is 0 Å². The maximum Gasteiger partial charge on any atom is 0.167 e. The van der Waals surface area contributed by atoms with Gasteiger partial charge in [-0.1, -0.05) is 127 Å². The minimum Gasteiger partial charge on any atom is -0.456 e. The van der Waals surface area contributed by atoms with Crippen LogP contribution in [-0.4, -0.2) is 19.5 Å². The third kappa shape index (κ3) is 5.15. The van der Waals surface area contributed by atoms with Crippen LogP contribution in [0.25, 0.3) is 138 Å². The molecule has 6 nitrogen and oxygen atoms in total. The maximum absolute atomic E-state index is 6.81. The van der Waals surface area contributed by atoms with Gasteiger partial charge in [0, 0.05) is 49.1 Å². The van der Waals surface area contributed by atoms with E-state index in [9.17, 15) is 0 Å². The molecule has 0 aliphatic carbocycles. The fraction of sp³-hybridized carbons (Fsp3) is 0. The molecule has 63 heavy (non-hydrogen) atoms. The number of rotatable bonds is 4. The fourth-order valence-corrected chi connectivity index (χ4v) is 9.80. The molecule has 14 rings (SSSR count). The lowest BCUT2D eigenvalue weighted by molar-refractivity contribution is 0.668. The van der Waals surface area contributed by atoms with Crippen molar-refractivity contribution in [3.05, 3.63) is 194 Å². The van der Waals surface area contributed by atoms with E-state index in [0.717, 1.165) is 77.0 Å². The van der Waals surface area contributed by atoms with Gasteiger partial charge in [0.25, 0.3) is 0 Å². The van der Waals surface area contributed by atoms with Gasteiger partial charge < -0.3 is 13.4 Å². The van der Waals surface area contributed by atoms with Gasteiger partial charge in [-0.05, 0) is 99.0 Å². The Kier molecular flexibility index (Phi) is 7.02. The number of fused-ring (bicyclic) bond motifs is 13. The van der Waals surface area contributed by atoms with E-state index < -0.39 is 0 Å². The van der Waals surface area contributed by atoms with Crippen molar-refractivity contribution in [2.75, 3.05) is 0 Å². The number of aromatic nitrogens is 4. The monoisotopic (exact) mass is 804 g/mol. The van der Waals surface area contributed by atoms with E-state index in [0.29, 0.717) is 17.5 Å². The highest BCUT2D eigenvalue weighted by atomic mass is 16.3. The minimum absolute atomic E-state index is 0.534. The Balaban J connectivity index is 0.951. The van der Waals surface area contributed by atoms with Crippen molar-refractivity contribution >= 4 is 98.0 Å². The van der Waals surface area contributed by atoms with Gasteiger partial charge >= 0.3 is 0 Å². The SMILES string of the molecule is c1ccc(-c2nc(-c3ccc4c(c3)oc3ccccc34)nc(-c3cccc4c3oc3ccc5cc(-n6c7cc8ccccc8cc7c7cc8ccccc8cc76)ccc5c34)n2)cc1. The predicted molar refractivity (Wildman–Crippen MR) is 258 cm³/mol. The van der Waals surface area contributed by atoms with E-state index in [1.54, 1.807) is 0 Å². The maximum atomic E-state index is 6.81. The second-order valence-electron chi connectivity index (χ2n) is 16.4. The molecular weight excluding hydrogens is 773 g/mol. The minimum atomic E-state index is 0.534. The van der Waals surface area contributed by atoms with Crippen LogP contribution >= 0.6 is 0 Å². The molecule has 14 aromatic rings. The second kappa shape index (κ2) is 12.9. The molecule has 0 atom stereocenters. The molecule has 0 spiro atoms. The lowest BCUT2D eigenvalue weighted by Crippen LogP contribution is -2.00. The molecular formula is C57H32N4O2. The van der Waals surface area contributed by atoms with Gasteiger partial charge in [0.15, 0.2) is 17.5 Å². The normalized spacial score (nSPS) is 12.1. The first kappa shape index (κ1) is 34.1. The summed E-state index contributed by atoms with van der Waals surface area (Å²) in [6.07, 6.45) is 0. The molecule has 0 N–H and O–H groups in total. The van der Waals surface area contributed by atoms with Gasteiger partial charge in [0.05, 0.1) is 16.6 Å². The van der Waals surface area contributed by atoms with E-state index >= 15 is 0 Å². The quantitative estimate of drug-likeness (QED) is 0.177. The molecule has 4 aromatic heterocycles. The molecule has 4 heterocycles. The van der Waals surface area contributed by atoms with Gasteiger partial charge in [-0.15, -0.1) is 0 Å². The lowest BCUT2D eigenvalue weighted by Gasteiger charge is -2.11. The summed E-state index contributed by atoms with van der Waals surface area (Å²) in [6, 6.07) is 68.2. The molecule has 10 aromatic carbocycles. The second-order valence-corrected chi connectivity index (χ2v) is 16.4. The number of hydrogen-bond acceptors (Lipinski definition) is 5. The van der Waals surface area contributed by atoms with Crippen LogP contribution in [0.1, 0.15) is 0 Å². The summed E-state index contributed by atoms with van der Waals surface area (Å²) in [6.45, 7) is 0. The lowest BCUT2D eigenvalue weighted by atomic mass is 10.0. The van der Waals surface area contributed by atoms with E-state index in [1.807, 2.05) is 60.7 Å². The predicted octanol–water partition coefficient (Wildman–Crippen LogP) is 15.2. The summed E-state index contributed by atoms with van der Waals surface area (Å²) in [7, 11) is 0. The standard InChI is InChI=1S/C57H32N4O2/c1-2-11-33(12-3-1)55-58-56(39-21-24-43-42-17-8-9-20-50(42)62-52(43)32-39)60-57(59-55)45-19-10-18-44-53-41-25-23-40(27-38(41)22-26-51(53)63-54(44)45)61-48-30-36-15-6-4-13-34(36)28-46(48)47-29-35-14-5-7-16-37(35)31-49(47)61/h1-32H. The number of hydrogen-bond donors (Lipinski definition) is 0. The van der Waals surface area contributed by atoms with E-state index in [-0.39, 0.29) is 0 Å². The Hall–Kier alpha value is -8.61. The first-order chi connectivity index (χ1) is 31.2. The van der Waals surface area contributed by atoms with Crippen LogP contribution in [-0.2, 0) is 0 Å². The van der Waals surface area contributed by atoms with Crippen molar-refractivity contribution in [3.63, 3.8) is 0 Å². The fourth-order valence-electron chi connectivity index (χ4n) is 9.80. The third-order valence-corrected chi connectivity index (χ3v) is 12.8. The zero-order valence-corrected chi connectivity index (χ0v) is 33.6. The van der Waals surface area contributed by atoms with E-state index in [1.165, 1.54) is 43.4 Å². The van der Waals surface area contributed by atoms with Crippen molar-refractivity contribution < 1.29 is 8.83 Å². The van der Waals surface area contributed by atoms with Crippen molar-refractivity contribution in [2.24, 2.45) is 0 Å². The Morgan fingerprint density at radius 3 is 1.71 bits per heavy atom. The number of nitrogens with zero attached hydrogens (tertiary/aromatic N) is 4. The zero-order chi connectivity index (χ0) is 41.2. The molecule has 292 valence electrons. The van der Waals surface area contributed by atoms with Crippen LogP contribution in [0.3, 0.4) is 0 Å². The largest absolute Gasteiger partial charge is 0.456 e. The van der Waals surface area contributed by atoms with Gasteiger partial charge in [0.1, 0.15) is 22.3 Å². The molecule has 0 aliphatic heterocycles. The first-order valence-corrected chi connectivity index (χ1v) is 21.2. The van der Waals surface area contributed by atoms with Gasteiger partial charge in [-0.3, -0.25) is 0 Å². The summed E-state index contributed by atoms with van der Waals surface area (Å²) >= 11 is 0. The van der Waals surface area contributed by atoms with Gasteiger partial charge in [-0.25, -0.2) is 15.0 Å². The summed E-state index contributed by atoms with van der Waals surface area (Å²) in [5.41, 5.74) is 9.17. The van der Waals surface area contributed by atoms with Crippen molar-refractivity contribution in [1.29, 1.82) is 0 Å². The molecule has 0 amide bonds. The van der Waals surface area contributed by atoms with Crippen molar-refractivity contribution in [1.82, 2.24) is 19.5 Å². The summed E-state index contributed by atoms with van der Waals surface area (Å²) in [5.74, 6) is 1.67. The van der Waals surface area contributed by atoms with Crippen LogP contribution in [0.15, 0.2) is 203 Å². The molecule has 6 heteroatoms. The van der Waals surface area contributed by atoms with Crippen molar-refractivity contribution in [3.8, 4) is 39.9 Å². The van der Waals surface area contributed by atoms with Crippen LogP contribution in [0, 0.1) is 0 Å². The highest BCUT2D eigenvalue weighted by Crippen LogP contribution is 2.42. The molecule has 0 unspecified atom stereocenters. The van der Waals surface area contributed by atoms with E-state index in [2.05, 4.69) is 138 Å². The Labute approximate surface area is 358 Å². The van der Waals surface area contributed by atoms with Crippen LogP contribution < -0.4 is 0 Å². The van der Waals surface area contributed by atoms with Gasteiger partial charge in [0.2, 0.25) is 0 Å². The van der Waals surface area contributed by atoms with Gasteiger partial charge in [-0.2, -0.15) is 0 Å². The third-order valence-electron chi connectivity index (χ3n) is 12.8. The van der Waals surface area contributed by atoms with E-state index in [4.69, 9.17) is 23.8 Å². The highest BCUT2D eigenvalue weighted by molar-refractivity contribution is 6.21. The molecule has 0 bridgehead atoms. The Morgan fingerprint density at radius 2 is 0.952 bits per heavy atom. The number of para-hydroxylation sites is 2. The smallest absolute Gasteiger partial charge is 0.167 e. The summed E-state index contributed by atoms with van der Waals surface area (Å²) in [5, 5.41) is 13.8. The highest BCUT2D eigenvalue weighted by Gasteiger charge is 2.21. The molecule has 0 saturated heterocycles. The first-order valence-electron chi connectivity index (χ1n) is 21.2. The zero-order valence-electron chi connectivity index (χ0n) is 33.6. The van der Waals surface area contributed by atoms with Crippen molar-refractivity contribution in [2.45, 2.75) is 0 Å². The average molecular weight is 805 g/mol. The molecule has 0 radical (unpaired) electrons. The topological polar surface area (TPSA) is 69.9 Å². The van der Waals surface area contributed by atoms with Crippen LogP contribution in [0.5, 0.6) is 0 Å². The summed E-state index contributed by atoms with van der Waals surface area (Å²) < 4.78 is 15.5.